The van der Waals surface area contributed by atoms with Gasteiger partial charge in [0.15, 0.2) is 6.10 Å². The van der Waals surface area contributed by atoms with Crippen molar-refractivity contribution in [2.75, 3.05) is 13.2 Å². The molecule has 0 aliphatic carbocycles. The van der Waals surface area contributed by atoms with Crippen molar-refractivity contribution in [3.05, 3.63) is 72.9 Å². The smallest absolute Gasteiger partial charge is 0.306 e. The Morgan fingerprint density at radius 1 is 0.353 bits per heavy atom. The molecule has 0 aromatic carbocycles. The molecule has 0 heterocycles. The lowest BCUT2D eigenvalue weighted by atomic mass is 10.0. The number of allylic oxidation sites excluding steroid dienone is 12. The van der Waals surface area contributed by atoms with Crippen molar-refractivity contribution in [2.24, 2.45) is 0 Å². The van der Waals surface area contributed by atoms with Crippen LogP contribution in [0.25, 0.3) is 0 Å². The lowest BCUT2D eigenvalue weighted by Gasteiger charge is -2.15. The highest BCUT2D eigenvalue weighted by molar-refractivity contribution is 5.70. The summed E-state index contributed by atoms with van der Waals surface area (Å²) in [6, 6.07) is 0. The normalized spacial score (nSPS) is 12.7. The molecule has 5 nitrogen and oxygen atoms in total. The summed E-state index contributed by atoms with van der Waals surface area (Å²) in [6.45, 7) is 4.02. The van der Waals surface area contributed by atoms with Crippen LogP contribution in [-0.4, -0.2) is 36.4 Å². The predicted molar refractivity (Wildman–Crippen MR) is 297 cm³/mol. The molecule has 1 unspecified atom stereocenters. The third-order valence-corrected chi connectivity index (χ3v) is 13.0. The van der Waals surface area contributed by atoms with Crippen LogP contribution < -0.4 is 0 Å². The quantitative estimate of drug-likeness (QED) is 0.0374. The lowest BCUT2D eigenvalue weighted by Crippen LogP contribution is -2.28. The zero-order valence-corrected chi connectivity index (χ0v) is 45.1. The lowest BCUT2D eigenvalue weighted by molar-refractivity contribution is -0.161. The van der Waals surface area contributed by atoms with Crippen molar-refractivity contribution < 1.29 is 24.2 Å². The van der Waals surface area contributed by atoms with E-state index >= 15 is 0 Å². The molecule has 1 atom stereocenters. The van der Waals surface area contributed by atoms with E-state index < -0.39 is 6.10 Å². The van der Waals surface area contributed by atoms with Crippen LogP contribution in [0.15, 0.2) is 72.9 Å². The molecule has 0 rings (SSSR count). The summed E-state index contributed by atoms with van der Waals surface area (Å²) in [5.74, 6) is -0.602. The number of aliphatic hydroxyl groups is 1. The first-order chi connectivity index (χ1) is 33.6. The molecule has 0 aliphatic rings. The molecule has 0 aliphatic heterocycles. The first kappa shape index (κ1) is 65.3. The fourth-order valence-corrected chi connectivity index (χ4v) is 8.58. The Morgan fingerprint density at radius 2 is 0.632 bits per heavy atom. The Balaban J connectivity index is 3.40. The first-order valence-corrected chi connectivity index (χ1v) is 29.5. The number of hydrogen-bond acceptors (Lipinski definition) is 5. The summed E-state index contributed by atoms with van der Waals surface area (Å²) in [4.78, 5) is 24.4. The second kappa shape index (κ2) is 58.7. The topological polar surface area (TPSA) is 72.8 Å². The van der Waals surface area contributed by atoms with Crippen LogP contribution in [0, 0.1) is 0 Å². The van der Waals surface area contributed by atoms with Gasteiger partial charge in [-0.2, -0.15) is 0 Å². The maximum atomic E-state index is 12.3. The van der Waals surface area contributed by atoms with Crippen LogP contribution in [0.5, 0.6) is 0 Å². The highest BCUT2D eigenvalue weighted by Crippen LogP contribution is 2.17. The van der Waals surface area contributed by atoms with E-state index in [1.54, 1.807) is 0 Å². The Morgan fingerprint density at radius 3 is 0.956 bits per heavy atom. The molecule has 0 radical (unpaired) electrons. The minimum Gasteiger partial charge on any atom is -0.462 e. The van der Waals surface area contributed by atoms with Gasteiger partial charge in [0.25, 0.3) is 0 Å². The molecule has 5 heteroatoms. The summed E-state index contributed by atoms with van der Waals surface area (Å²) >= 11 is 0. The molecule has 0 saturated heterocycles. The number of aliphatic hydroxyl groups excluding tert-OH is 1. The van der Waals surface area contributed by atoms with E-state index in [1.807, 2.05) is 0 Å². The van der Waals surface area contributed by atoms with Crippen molar-refractivity contribution >= 4 is 11.9 Å². The number of ether oxygens (including phenoxy) is 2. The molecule has 0 saturated carbocycles. The van der Waals surface area contributed by atoms with Gasteiger partial charge in [-0.05, 0) is 83.5 Å². The van der Waals surface area contributed by atoms with E-state index in [4.69, 9.17) is 9.47 Å². The molecular weight excluding hydrogens is 837 g/mol. The zero-order valence-electron chi connectivity index (χ0n) is 45.1. The van der Waals surface area contributed by atoms with Gasteiger partial charge in [0.1, 0.15) is 6.61 Å². The zero-order chi connectivity index (χ0) is 49.2. The van der Waals surface area contributed by atoms with E-state index in [1.165, 1.54) is 186 Å². The van der Waals surface area contributed by atoms with Gasteiger partial charge in [-0.1, -0.05) is 273 Å². The Labute approximate surface area is 423 Å². The Bertz CT molecular complexity index is 1210. The van der Waals surface area contributed by atoms with E-state index in [0.29, 0.717) is 12.8 Å². The van der Waals surface area contributed by atoms with Crippen LogP contribution in [0.1, 0.15) is 296 Å². The highest BCUT2D eigenvalue weighted by Gasteiger charge is 2.16. The molecule has 1 N–H and O–H groups in total. The third-order valence-electron chi connectivity index (χ3n) is 13.0. The number of unbranched alkanes of at least 4 members (excludes halogenated alkanes) is 34. The van der Waals surface area contributed by atoms with E-state index in [9.17, 15) is 14.7 Å². The molecule has 394 valence electrons. The number of hydrogen-bond donors (Lipinski definition) is 1. The van der Waals surface area contributed by atoms with Gasteiger partial charge < -0.3 is 14.6 Å². The van der Waals surface area contributed by atoms with Gasteiger partial charge >= 0.3 is 11.9 Å². The van der Waals surface area contributed by atoms with E-state index in [2.05, 4.69) is 86.8 Å². The molecule has 0 amide bonds. The van der Waals surface area contributed by atoms with E-state index in [-0.39, 0.29) is 25.2 Å². The fraction of sp³-hybridized carbons (Fsp3) is 0.778. The number of rotatable bonds is 54. The van der Waals surface area contributed by atoms with Crippen LogP contribution in [0.3, 0.4) is 0 Å². The van der Waals surface area contributed by atoms with Crippen LogP contribution in [0.4, 0.5) is 0 Å². The highest BCUT2D eigenvalue weighted by atomic mass is 16.6. The summed E-state index contributed by atoms with van der Waals surface area (Å²) in [6.07, 6.45) is 80.5. The monoisotopic (exact) mass is 949 g/mol. The van der Waals surface area contributed by atoms with E-state index in [0.717, 1.165) is 83.5 Å². The van der Waals surface area contributed by atoms with Gasteiger partial charge in [-0.25, -0.2) is 0 Å². The second-order valence-electron chi connectivity index (χ2n) is 19.7. The Kier molecular flexibility index (Phi) is 56.4. The Hall–Kier alpha value is -2.66. The number of carbonyl (C=O) groups is 2. The van der Waals surface area contributed by atoms with Crippen LogP contribution >= 0.6 is 0 Å². The van der Waals surface area contributed by atoms with Gasteiger partial charge in [0.2, 0.25) is 0 Å². The summed E-state index contributed by atoms with van der Waals surface area (Å²) < 4.78 is 10.7. The molecule has 0 spiro atoms. The summed E-state index contributed by atoms with van der Waals surface area (Å²) in [7, 11) is 0. The first-order valence-electron chi connectivity index (χ1n) is 29.5. The van der Waals surface area contributed by atoms with Crippen molar-refractivity contribution in [1.29, 1.82) is 0 Å². The minimum atomic E-state index is -0.780. The van der Waals surface area contributed by atoms with Crippen molar-refractivity contribution in [3.63, 3.8) is 0 Å². The van der Waals surface area contributed by atoms with Gasteiger partial charge in [0, 0.05) is 12.8 Å². The SMILES string of the molecule is CC/C=C\C/C=C\C/C=C\CCCCCCCC(=O)OCC(CO)OC(=O)CCCCCCCCCCCCCCCCCCCCCCCCCC/C=C\C/C=C\C/C=C\CCCCCCC. The molecule has 0 fully saturated rings. The summed E-state index contributed by atoms with van der Waals surface area (Å²) in [5, 5.41) is 9.63. The maximum Gasteiger partial charge on any atom is 0.306 e. The second-order valence-corrected chi connectivity index (χ2v) is 19.7. The molecular formula is C63H112O5. The van der Waals surface area contributed by atoms with Crippen molar-refractivity contribution in [3.8, 4) is 0 Å². The summed E-state index contributed by atoms with van der Waals surface area (Å²) in [5.41, 5.74) is 0. The number of esters is 2. The third kappa shape index (κ3) is 55.9. The number of carbonyl (C=O) groups excluding carboxylic acids is 2. The van der Waals surface area contributed by atoms with Crippen molar-refractivity contribution in [1.82, 2.24) is 0 Å². The maximum absolute atomic E-state index is 12.3. The van der Waals surface area contributed by atoms with Gasteiger partial charge in [-0.3, -0.25) is 9.59 Å². The molecule has 0 aromatic heterocycles. The molecule has 0 aromatic rings. The molecule has 68 heavy (non-hydrogen) atoms. The minimum absolute atomic E-state index is 0.0742. The average molecular weight is 950 g/mol. The van der Waals surface area contributed by atoms with Crippen molar-refractivity contribution in [2.45, 2.75) is 302 Å². The largest absolute Gasteiger partial charge is 0.462 e. The molecule has 0 bridgehead atoms. The van der Waals surface area contributed by atoms with Gasteiger partial charge in [-0.15, -0.1) is 0 Å². The standard InChI is InChI=1S/C63H112O5/c1-3-5-7-9-11-13-15-17-19-20-21-22-23-24-25-26-27-28-29-30-31-32-33-34-35-36-37-38-39-40-41-42-44-46-48-50-52-54-56-58-63(66)68-61(59-64)60-67-62(65)57-55-53-51-49-47-45-43-18-16-14-12-10-8-6-4-2/h6,8,12,14-15,17-18,20-21,23-24,43,61,64H,3-5,7,9-11,13,16,19,22,25-42,44-60H2,1-2H3/b8-6-,14-12-,17-15-,21-20-,24-23-,43-18-. The van der Waals surface area contributed by atoms with Gasteiger partial charge in [0.05, 0.1) is 6.61 Å². The average Bonchev–Trinajstić information content (AvgIpc) is 3.34. The van der Waals surface area contributed by atoms with Crippen LogP contribution in [0.2, 0.25) is 0 Å². The van der Waals surface area contributed by atoms with Crippen LogP contribution in [-0.2, 0) is 19.1 Å². The fourth-order valence-electron chi connectivity index (χ4n) is 8.58. The predicted octanol–water partition coefficient (Wildman–Crippen LogP) is 20.0.